The van der Waals surface area contributed by atoms with Crippen molar-refractivity contribution in [2.75, 3.05) is 0 Å². The number of hydrogen-bond acceptors (Lipinski definition) is 2. The minimum absolute atomic E-state index is 0.0477. The van der Waals surface area contributed by atoms with Gasteiger partial charge in [-0.25, -0.2) is 4.39 Å². The summed E-state index contributed by atoms with van der Waals surface area (Å²) >= 11 is 0. The number of halogens is 1. The smallest absolute Gasteiger partial charge is 0.268 e. The Hall–Kier alpha value is -1.88. The number of rotatable bonds is 4. The Kier molecular flexibility index (Phi) is 3.91. The summed E-state index contributed by atoms with van der Waals surface area (Å²) in [6.45, 7) is 3.84. The molecule has 3 rings (SSSR count). The molecule has 0 aliphatic heterocycles. The number of H-pyrrole nitrogens is 1. The highest BCUT2D eigenvalue weighted by atomic mass is 19.1. The van der Waals surface area contributed by atoms with Crippen molar-refractivity contribution in [3.8, 4) is 0 Å². The average molecular weight is 304 g/mol. The predicted octanol–water partition coefficient (Wildman–Crippen LogP) is 2.89. The molecule has 1 atom stereocenters. The van der Waals surface area contributed by atoms with E-state index >= 15 is 0 Å². The third-order valence-corrected chi connectivity index (χ3v) is 4.74. The molecule has 1 heterocycles. The van der Waals surface area contributed by atoms with Gasteiger partial charge in [-0.2, -0.15) is 0 Å². The lowest BCUT2D eigenvalue weighted by atomic mass is 9.76. The highest BCUT2D eigenvalue weighted by Crippen LogP contribution is 2.32. The van der Waals surface area contributed by atoms with Gasteiger partial charge in [0.15, 0.2) is 0 Å². The molecule has 3 N–H and O–H groups in total. The number of aliphatic hydroxyl groups is 1. The summed E-state index contributed by atoms with van der Waals surface area (Å²) in [6, 6.07) is 4.88. The lowest BCUT2D eigenvalue weighted by Crippen LogP contribution is -2.46. The standard InChI is InChI=1S/C17H21FN2O2/c1-3-14(10-7-11(21)8-10)19-17(22)15-9(2)12-5-4-6-13(18)16(12)20-15/h4-6,10-11,14,20-21H,3,7-8H2,1-2H3,(H,19,22). The molecule has 1 saturated carbocycles. The lowest BCUT2D eigenvalue weighted by molar-refractivity contribution is 0.0232. The van der Waals surface area contributed by atoms with Gasteiger partial charge in [-0.1, -0.05) is 19.1 Å². The van der Waals surface area contributed by atoms with Crippen LogP contribution in [-0.4, -0.2) is 28.1 Å². The van der Waals surface area contributed by atoms with Gasteiger partial charge in [0.05, 0.1) is 11.6 Å². The van der Waals surface area contributed by atoms with E-state index in [1.807, 2.05) is 13.8 Å². The maximum atomic E-state index is 13.8. The molecule has 118 valence electrons. The molecule has 1 aromatic heterocycles. The third-order valence-electron chi connectivity index (χ3n) is 4.74. The Balaban J connectivity index is 1.83. The number of para-hydroxylation sites is 1. The van der Waals surface area contributed by atoms with Crippen LogP contribution in [0, 0.1) is 18.7 Å². The lowest BCUT2D eigenvalue weighted by Gasteiger charge is -2.37. The fourth-order valence-electron chi connectivity index (χ4n) is 3.30. The molecule has 4 nitrogen and oxygen atoms in total. The van der Waals surface area contributed by atoms with E-state index in [1.165, 1.54) is 6.07 Å². The van der Waals surface area contributed by atoms with E-state index in [4.69, 9.17) is 0 Å². The molecule has 1 aliphatic carbocycles. The topological polar surface area (TPSA) is 65.1 Å². The van der Waals surface area contributed by atoms with Crippen molar-refractivity contribution in [1.82, 2.24) is 10.3 Å². The minimum Gasteiger partial charge on any atom is -0.393 e. The predicted molar refractivity (Wildman–Crippen MR) is 83.3 cm³/mol. The largest absolute Gasteiger partial charge is 0.393 e. The van der Waals surface area contributed by atoms with Crippen LogP contribution in [0.5, 0.6) is 0 Å². The van der Waals surface area contributed by atoms with Crippen LogP contribution in [0.2, 0.25) is 0 Å². The van der Waals surface area contributed by atoms with Crippen molar-refractivity contribution >= 4 is 16.8 Å². The molecular weight excluding hydrogens is 283 g/mol. The summed E-state index contributed by atoms with van der Waals surface area (Å²) in [7, 11) is 0. The monoisotopic (exact) mass is 304 g/mol. The number of aliphatic hydroxyl groups excluding tert-OH is 1. The number of aryl methyl sites for hydroxylation is 1. The van der Waals surface area contributed by atoms with Gasteiger partial charge >= 0.3 is 0 Å². The summed E-state index contributed by atoms with van der Waals surface area (Å²) in [5, 5.41) is 13.2. The van der Waals surface area contributed by atoms with Gasteiger partial charge in [0.1, 0.15) is 11.5 Å². The fraction of sp³-hybridized carbons (Fsp3) is 0.471. The Labute approximate surface area is 128 Å². The third kappa shape index (κ3) is 2.50. The van der Waals surface area contributed by atoms with Crippen LogP contribution in [0.1, 0.15) is 42.2 Å². The summed E-state index contributed by atoms with van der Waals surface area (Å²) in [6.07, 6.45) is 2.05. The number of carbonyl (C=O) groups is 1. The second-order valence-electron chi connectivity index (χ2n) is 6.16. The maximum absolute atomic E-state index is 13.8. The molecular formula is C17H21FN2O2. The van der Waals surface area contributed by atoms with Crippen LogP contribution in [0.3, 0.4) is 0 Å². The number of nitrogens with one attached hydrogen (secondary N) is 2. The van der Waals surface area contributed by atoms with Crippen LogP contribution < -0.4 is 5.32 Å². The number of benzene rings is 1. The molecule has 0 saturated heterocycles. The molecule has 1 aliphatic rings. The molecule has 1 fully saturated rings. The van der Waals surface area contributed by atoms with E-state index in [0.717, 1.165) is 30.2 Å². The van der Waals surface area contributed by atoms with Gasteiger partial charge in [0, 0.05) is 11.4 Å². The molecule has 0 spiro atoms. The van der Waals surface area contributed by atoms with Crippen LogP contribution in [0.15, 0.2) is 18.2 Å². The van der Waals surface area contributed by atoms with E-state index in [-0.39, 0.29) is 23.9 Å². The van der Waals surface area contributed by atoms with Gasteiger partial charge in [-0.15, -0.1) is 0 Å². The summed E-state index contributed by atoms with van der Waals surface area (Å²) in [5.74, 6) is -0.236. The Morgan fingerprint density at radius 3 is 2.82 bits per heavy atom. The summed E-state index contributed by atoms with van der Waals surface area (Å²) in [5.41, 5.74) is 1.55. The van der Waals surface area contributed by atoms with Gasteiger partial charge in [0.2, 0.25) is 0 Å². The highest BCUT2D eigenvalue weighted by Gasteiger charge is 2.34. The maximum Gasteiger partial charge on any atom is 0.268 e. The Morgan fingerprint density at radius 2 is 2.23 bits per heavy atom. The van der Waals surface area contributed by atoms with E-state index < -0.39 is 0 Å². The van der Waals surface area contributed by atoms with Crippen molar-refractivity contribution in [2.24, 2.45) is 5.92 Å². The SMILES string of the molecule is CCC(NC(=O)c1[nH]c2c(F)cccc2c1C)C1CC(O)C1. The minimum atomic E-state index is -0.353. The average Bonchev–Trinajstić information content (AvgIpc) is 2.81. The number of hydrogen-bond donors (Lipinski definition) is 3. The van der Waals surface area contributed by atoms with Crippen molar-refractivity contribution in [1.29, 1.82) is 0 Å². The second kappa shape index (κ2) is 5.72. The van der Waals surface area contributed by atoms with Crippen molar-refractivity contribution in [3.63, 3.8) is 0 Å². The number of carbonyl (C=O) groups excluding carboxylic acids is 1. The van der Waals surface area contributed by atoms with Gasteiger partial charge in [0.25, 0.3) is 5.91 Å². The zero-order valence-electron chi connectivity index (χ0n) is 12.8. The molecule has 1 aromatic carbocycles. The molecule has 2 aromatic rings. The van der Waals surface area contributed by atoms with Crippen LogP contribution in [0.4, 0.5) is 4.39 Å². The summed E-state index contributed by atoms with van der Waals surface area (Å²) < 4.78 is 13.8. The fourth-order valence-corrected chi connectivity index (χ4v) is 3.30. The molecule has 22 heavy (non-hydrogen) atoms. The first-order valence-electron chi connectivity index (χ1n) is 7.77. The van der Waals surface area contributed by atoms with E-state index in [2.05, 4.69) is 10.3 Å². The molecule has 0 radical (unpaired) electrons. The first-order valence-corrected chi connectivity index (χ1v) is 7.77. The Morgan fingerprint density at radius 1 is 1.50 bits per heavy atom. The van der Waals surface area contributed by atoms with Gasteiger partial charge in [-0.3, -0.25) is 4.79 Å². The highest BCUT2D eigenvalue weighted by molar-refractivity contribution is 6.01. The summed E-state index contributed by atoms with van der Waals surface area (Å²) in [4.78, 5) is 15.4. The molecule has 1 amide bonds. The first-order chi connectivity index (χ1) is 10.5. The van der Waals surface area contributed by atoms with Gasteiger partial charge in [-0.05, 0) is 43.7 Å². The van der Waals surface area contributed by atoms with Crippen LogP contribution >= 0.6 is 0 Å². The van der Waals surface area contributed by atoms with Crippen molar-refractivity contribution < 1.29 is 14.3 Å². The van der Waals surface area contributed by atoms with E-state index in [9.17, 15) is 14.3 Å². The van der Waals surface area contributed by atoms with E-state index in [1.54, 1.807) is 12.1 Å². The second-order valence-corrected chi connectivity index (χ2v) is 6.16. The number of aromatic amines is 1. The van der Waals surface area contributed by atoms with E-state index in [0.29, 0.717) is 17.1 Å². The van der Waals surface area contributed by atoms with Crippen molar-refractivity contribution in [2.45, 2.75) is 45.3 Å². The van der Waals surface area contributed by atoms with Crippen LogP contribution in [0.25, 0.3) is 10.9 Å². The quantitative estimate of drug-likeness (QED) is 0.813. The van der Waals surface area contributed by atoms with Gasteiger partial charge < -0.3 is 15.4 Å². The molecule has 1 unspecified atom stereocenters. The molecule has 5 heteroatoms. The van der Waals surface area contributed by atoms with Crippen LogP contribution in [-0.2, 0) is 0 Å². The zero-order valence-corrected chi connectivity index (χ0v) is 12.8. The zero-order chi connectivity index (χ0) is 15.9. The number of fused-ring (bicyclic) bond motifs is 1. The molecule has 0 bridgehead atoms. The normalized spacial score (nSPS) is 22.4. The number of amides is 1. The van der Waals surface area contributed by atoms with Crippen molar-refractivity contribution in [3.05, 3.63) is 35.3 Å². The first kappa shape index (κ1) is 15.0. The Bertz CT molecular complexity index is 704. The number of aromatic nitrogens is 1.